The summed E-state index contributed by atoms with van der Waals surface area (Å²) in [6.07, 6.45) is 3.89. The molecule has 4 rings (SSSR count). The molecular weight excluding hydrogens is 442 g/mol. The van der Waals surface area contributed by atoms with E-state index in [9.17, 15) is 14.4 Å². The molecule has 1 atom stereocenters. The molecule has 0 aliphatic carbocycles. The minimum absolute atomic E-state index is 0.0890. The summed E-state index contributed by atoms with van der Waals surface area (Å²) in [6, 6.07) is 10.2. The molecule has 190 valence electrons. The van der Waals surface area contributed by atoms with Crippen LogP contribution >= 0.6 is 0 Å². The average Bonchev–Trinajstić information content (AvgIpc) is 2.86. The van der Waals surface area contributed by atoms with Crippen molar-refractivity contribution in [1.29, 1.82) is 0 Å². The third-order valence-electron chi connectivity index (χ3n) is 7.57. The second-order valence-electron chi connectivity index (χ2n) is 10.2. The van der Waals surface area contributed by atoms with Crippen LogP contribution in [0, 0.1) is 18.8 Å². The first kappa shape index (κ1) is 25.2. The molecule has 2 saturated heterocycles. The van der Waals surface area contributed by atoms with Crippen molar-refractivity contribution in [2.75, 3.05) is 37.6 Å². The summed E-state index contributed by atoms with van der Waals surface area (Å²) in [5, 5.41) is 3.21. The van der Waals surface area contributed by atoms with E-state index in [0.717, 1.165) is 63.0 Å². The van der Waals surface area contributed by atoms with Crippen LogP contribution in [0.15, 0.2) is 39.9 Å². The smallest absolute Gasteiger partial charge is 0.332 e. The summed E-state index contributed by atoms with van der Waals surface area (Å²) in [6.45, 7) is 9.63. The number of piperidine rings is 2. The van der Waals surface area contributed by atoms with Gasteiger partial charge in [0, 0.05) is 45.8 Å². The van der Waals surface area contributed by atoms with Crippen LogP contribution in [0.5, 0.6) is 0 Å². The fourth-order valence-corrected chi connectivity index (χ4v) is 5.42. The molecule has 1 aromatic carbocycles. The maximum absolute atomic E-state index is 13.0. The Labute approximate surface area is 207 Å². The molecule has 1 aromatic heterocycles. The number of nitrogens with zero attached hydrogens (tertiary/aromatic N) is 4. The third kappa shape index (κ3) is 6.04. The van der Waals surface area contributed by atoms with Gasteiger partial charge in [-0.2, -0.15) is 0 Å². The van der Waals surface area contributed by atoms with Crippen LogP contribution < -0.4 is 21.5 Å². The van der Waals surface area contributed by atoms with Gasteiger partial charge >= 0.3 is 5.69 Å². The zero-order valence-corrected chi connectivity index (χ0v) is 21.3. The molecule has 35 heavy (non-hydrogen) atoms. The highest BCUT2D eigenvalue weighted by atomic mass is 16.2. The lowest BCUT2D eigenvalue weighted by Crippen LogP contribution is -2.48. The summed E-state index contributed by atoms with van der Waals surface area (Å²) in [4.78, 5) is 42.3. The van der Waals surface area contributed by atoms with Gasteiger partial charge in [0.05, 0.1) is 5.92 Å². The largest absolute Gasteiger partial charge is 0.357 e. The molecule has 8 heteroatoms. The van der Waals surface area contributed by atoms with Crippen molar-refractivity contribution >= 4 is 11.7 Å². The number of benzene rings is 1. The van der Waals surface area contributed by atoms with E-state index in [1.54, 1.807) is 4.57 Å². The van der Waals surface area contributed by atoms with Crippen molar-refractivity contribution < 1.29 is 4.79 Å². The van der Waals surface area contributed by atoms with Gasteiger partial charge in [-0.3, -0.25) is 23.6 Å². The van der Waals surface area contributed by atoms with E-state index in [1.165, 1.54) is 24.2 Å². The van der Waals surface area contributed by atoms with E-state index in [2.05, 4.69) is 41.4 Å². The van der Waals surface area contributed by atoms with Crippen molar-refractivity contribution in [3.63, 3.8) is 0 Å². The molecule has 2 aromatic rings. The molecule has 2 aliphatic rings. The number of nitrogens with one attached hydrogen (secondary N) is 1. The highest BCUT2D eigenvalue weighted by Gasteiger charge is 2.28. The predicted octanol–water partition coefficient (Wildman–Crippen LogP) is 2.12. The van der Waals surface area contributed by atoms with Crippen LogP contribution in [-0.4, -0.2) is 52.7 Å². The Hall–Kier alpha value is -2.87. The fourth-order valence-electron chi connectivity index (χ4n) is 5.42. The molecular formula is C27H39N5O3. The average molecular weight is 482 g/mol. The molecule has 0 radical (unpaired) electrons. The van der Waals surface area contributed by atoms with Crippen LogP contribution in [-0.2, 0) is 24.9 Å². The Bertz CT molecular complexity index is 1150. The zero-order valence-electron chi connectivity index (χ0n) is 21.3. The molecule has 3 heterocycles. The molecule has 2 fully saturated rings. The van der Waals surface area contributed by atoms with Gasteiger partial charge in [-0.05, 0) is 64.1 Å². The minimum Gasteiger partial charge on any atom is -0.357 e. The second-order valence-corrected chi connectivity index (χ2v) is 10.2. The van der Waals surface area contributed by atoms with Crippen LogP contribution in [0.1, 0.15) is 43.7 Å². The van der Waals surface area contributed by atoms with Crippen molar-refractivity contribution in [3.05, 3.63) is 62.3 Å². The Morgan fingerprint density at radius 2 is 1.86 bits per heavy atom. The normalized spacial score (nSPS) is 19.6. The number of amides is 1. The van der Waals surface area contributed by atoms with E-state index >= 15 is 0 Å². The molecule has 0 saturated carbocycles. The van der Waals surface area contributed by atoms with E-state index in [1.807, 2.05) is 11.8 Å². The molecule has 1 amide bonds. The number of carbonyl (C=O) groups is 1. The van der Waals surface area contributed by atoms with Crippen LogP contribution in [0.3, 0.4) is 0 Å². The standard InChI is InChI=1S/C27H39N5O3/c1-4-32-24(16-25(33)29(3)27(32)35)31-12-6-9-23(19-31)26(34)28-17-21-10-13-30(14-11-21)18-22-8-5-7-20(2)15-22/h5,7-8,15-16,21,23H,4,6,9-14,17-19H2,1-3H3,(H,28,34)/t23-/m1/s1. The molecule has 0 unspecified atom stereocenters. The second kappa shape index (κ2) is 11.2. The van der Waals surface area contributed by atoms with Crippen molar-refractivity contribution in [2.45, 2.75) is 52.6 Å². The number of rotatable bonds is 7. The first-order valence-corrected chi connectivity index (χ1v) is 13.0. The number of likely N-dealkylation sites (tertiary alicyclic amines) is 1. The first-order valence-electron chi connectivity index (χ1n) is 13.0. The molecule has 0 bridgehead atoms. The Balaban J connectivity index is 1.28. The van der Waals surface area contributed by atoms with Gasteiger partial charge in [-0.25, -0.2) is 4.79 Å². The predicted molar refractivity (Wildman–Crippen MR) is 139 cm³/mol. The summed E-state index contributed by atoms with van der Waals surface area (Å²) >= 11 is 0. The van der Waals surface area contributed by atoms with Gasteiger partial charge < -0.3 is 10.2 Å². The lowest BCUT2D eigenvalue weighted by atomic mass is 9.94. The number of carbonyl (C=O) groups excluding carboxylic acids is 1. The summed E-state index contributed by atoms with van der Waals surface area (Å²) in [5.41, 5.74) is 2.04. The number of aryl methyl sites for hydroxylation is 1. The van der Waals surface area contributed by atoms with E-state index < -0.39 is 0 Å². The molecule has 8 nitrogen and oxygen atoms in total. The lowest BCUT2D eigenvalue weighted by Gasteiger charge is -2.35. The van der Waals surface area contributed by atoms with Gasteiger partial charge in [0.15, 0.2) is 0 Å². The van der Waals surface area contributed by atoms with Crippen LogP contribution in [0.4, 0.5) is 5.82 Å². The van der Waals surface area contributed by atoms with E-state index in [-0.39, 0.29) is 23.1 Å². The van der Waals surface area contributed by atoms with E-state index in [4.69, 9.17) is 0 Å². The van der Waals surface area contributed by atoms with Gasteiger partial charge in [0.25, 0.3) is 5.56 Å². The zero-order chi connectivity index (χ0) is 24.9. The molecule has 2 aliphatic heterocycles. The molecule has 0 spiro atoms. The fraction of sp³-hybridized carbons (Fsp3) is 0.593. The van der Waals surface area contributed by atoms with Crippen molar-refractivity contribution in [1.82, 2.24) is 19.4 Å². The number of hydrogen-bond donors (Lipinski definition) is 1. The van der Waals surface area contributed by atoms with Crippen LogP contribution in [0.25, 0.3) is 0 Å². The van der Waals surface area contributed by atoms with Crippen molar-refractivity contribution in [3.8, 4) is 0 Å². The quantitative estimate of drug-likeness (QED) is 0.655. The first-order chi connectivity index (χ1) is 16.9. The maximum atomic E-state index is 13.0. The highest BCUT2D eigenvalue weighted by molar-refractivity contribution is 5.79. The minimum atomic E-state index is -0.310. The monoisotopic (exact) mass is 481 g/mol. The Kier molecular flexibility index (Phi) is 8.11. The summed E-state index contributed by atoms with van der Waals surface area (Å²) in [7, 11) is 1.50. The van der Waals surface area contributed by atoms with Gasteiger partial charge in [0.2, 0.25) is 5.91 Å². The summed E-state index contributed by atoms with van der Waals surface area (Å²) in [5.74, 6) is 1.09. The molecule has 1 N–H and O–H groups in total. The van der Waals surface area contributed by atoms with Gasteiger partial charge in [0.1, 0.15) is 5.82 Å². The Morgan fingerprint density at radius 1 is 1.09 bits per heavy atom. The maximum Gasteiger partial charge on any atom is 0.332 e. The van der Waals surface area contributed by atoms with Crippen molar-refractivity contribution in [2.24, 2.45) is 18.9 Å². The SMILES string of the molecule is CCn1c(N2CCC[C@@H](C(=O)NCC3CCN(Cc4cccc(C)c4)CC3)C2)cc(=O)n(C)c1=O. The number of anilines is 1. The topological polar surface area (TPSA) is 79.6 Å². The van der Waals surface area contributed by atoms with E-state index in [0.29, 0.717) is 24.8 Å². The number of hydrogen-bond acceptors (Lipinski definition) is 5. The third-order valence-corrected chi connectivity index (χ3v) is 7.57. The number of aromatic nitrogens is 2. The Morgan fingerprint density at radius 3 is 2.57 bits per heavy atom. The lowest BCUT2D eigenvalue weighted by molar-refractivity contribution is -0.125. The summed E-state index contributed by atoms with van der Waals surface area (Å²) < 4.78 is 2.75. The van der Waals surface area contributed by atoms with Gasteiger partial charge in [-0.1, -0.05) is 29.8 Å². The van der Waals surface area contributed by atoms with Crippen LogP contribution in [0.2, 0.25) is 0 Å². The van der Waals surface area contributed by atoms with Gasteiger partial charge in [-0.15, -0.1) is 0 Å². The highest BCUT2D eigenvalue weighted by Crippen LogP contribution is 2.23.